The van der Waals surface area contributed by atoms with Crippen molar-refractivity contribution >= 4 is 35.0 Å². The van der Waals surface area contributed by atoms with Crippen molar-refractivity contribution in [3.05, 3.63) is 106 Å². The minimum absolute atomic E-state index is 0.0956. The number of benzene rings is 3. The Morgan fingerprint density at radius 3 is 2.34 bits per heavy atom. The van der Waals surface area contributed by atoms with Gasteiger partial charge in [0.05, 0.1) is 33.2 Å². The number of ketones is 1. The average molecular weight is 493 g/mol. The number of hydrogen-bond acceptors (Lipinski definition) is 6. The van der Waals surface area contributed by atoms with E-state index in [1.807, 2.05) is 36.4 Å². The largest absolute Gasteiger partial charge is 0.503 e. The molecule has 0 aliphatic carbocycles. The predicted octanol–water partition coefficient (Wildman–Crippen LogP) is 5.98. The van der Waals surface area contributed by atoms with Gasteiger partial charge < -0.3 is 18.9 Å². The van der Waals surface area contributed by atoms with Crippen LogP contribution in [0.25, 0.3) is 11.6 Å². The van der Waals surface area contributed by atoms with E-state index in [2.05, 4.69) is 0 Å². The lowest BCUT2D eigenvalue weighted by molar-refractivity contribution is -0.133. The zero-order chi connectivity index (χ0) is 25.2. The molecule has 6 nitrogen and oxygen atoms in total. The van der Waals surface area contributed by atoms with Gasteiger partial charge in [-0.05, 0) is 53.1 Å². The van der Waals surface area contributed by atoms with E-state index in [1.54, 1.807) is 43.5 Å². The number of carbonyl (C=O) groups is 2. The number of hydrogen-bond donors (Lipinski definition) is 0. The third-order valence-electron chi connectivity index (χ3n) is 5.08. The van der Waals surface area contributed by atoms with Crippen LogP contribution >= 0.6 is 11.6 Å². The van der Waals surface area contributed by atoms with Crippen molar-refractivity contribution in [2.24, 2.45) is 0 Å². The van der Waals surface area contributed by atoms with Crippen LogP contribution in [0.3, 0.4) is 0 Å². The number of allylic oxidation sites excluding steroid dienone is 1. The zero-order valence-electron chi connectivity index (χ0n) is 19.6. The molecule has 0 N–H and O–H groups in total. The molecule has 0 radical (unpaired) electrons. The lowest BCUT2D eigenvalue weighted by atomic mass is 10.0. The van der Waals surface area contributed by atoms with Crippen LogP contribution in [0.2, 0.25) is 5.02 Å². The fraction of sp³-hybridized carbons (Fsp3) is 0.143. The van der Waals surface area contributed by atoms with Gasteiger partial charge in [0.1, 0.15) is 23.7 Å². The predicted molar refractivity (Wildman–Crippen MR) is 136 cm³/mol. The summed E-state index contributed by atoms with van der Waals surface area (Å²) in [6.07, 6.45) is 4.50. The quantitative estimate of drug-likeness (QED) is 0.150. The third-order valence-corrected chi connectivity index (χ3v) is 5.32. The number of ether oxygens (including phenoxy) is 4. The molecular weight excluding hydrogens is 468 g/mol. The average Bonchev–Trinajstić information content (AvgIpc) is 2.89. The molecule has 7 heteroatoms. The third kappa shape index (κ3) is 6.74. The molecule has 0 spiro atoms. The van der Waals surface area contributed by atoms with Crippen LogP contribution in [0.1, 0.15) is 27.0 Å². The Morgan fingerprint density at radius 1 is 0.914 bits per heavy atom. The summed E-state index contributed by atoms with van der Waals surface area (Å²) in [7, 11) is 4.35. The first kappa shape index (κ1) is 25.6. The second kappa shape index (κ2) is 12.4. The lowest BCUT2D eigenvalue weighted by Gasteiger charge is -2.14. The highest BCUT2D eigenvalue weighted by molar-refractivity contribution is 6.31. The molecule has 3 aromatic carbocycles. The van der Waals surface area contributed by atoms with Crippen LogP contribution in [0.4, 0.5) is 0 Å². The zero-order valence-corrected chi connectivity index (χ0v) is 20.4. The van der Waals surface area contributed by atoms with Gasteiger partial charge in [-0.1, -0.05) is 54.1 Å². The van der Waals surface area contributed by atoms with Crippen molar-refractivity contribution in [2.75, 3.05) is 21.3 Å². The van der Waals surface area contributed by atoms with E-state index < -0.39 is 5.97 Å². The van der Waals surface area contributed by atoms with Gasteiger partial charge in [-0.3, -0.25) is 4.79 Å². The molecule has 0 saturated heterocycles. The summed E-state index contributed by atoms with van der Waals surface area (Å²) in [6.45, 7) is 0.0956. The van der Waals surface area contributed by atoms with Crippen LogP contribution < -0.4 is 9.47 Å². The number of rotatable bonds is 10. The summed E-state index contributed by atoms with van der Waals surface area (Å²) in [4.78, 5) is 25.2. The van der Waals surface area contributed by atoms with Crippen LogP contribution in [0.15, 0.2) is 79.1 Å². The van der Waals surface area contributed by atoms with Gasteiger partial charge in [0, 0.05) is 5.02 Å². The molecule has 35 heavy (non-hydrogen) atoms. The molecule has 0 atom stereocenters. The Labute approximate surface area is 209 Å². The van der Waals surface area contributed by atoms with E-state index in [0.717, 1.165) is 11.3 Å². The second-order valence-corrected chi connectivity index (χ2v) is 7.75. The van der Waals surface area contributed by atoms with Gasteiger partial charge in [0.2, 0.25) is 0 Å². The van der Waals surface area contributed by atoms with Crippen molar-refractivity contribution in [1.29, 1.82) is 0 Å². The number of halogens is 1. The van der Waals surface area contributed by atoms with Gasteiger partial charge in [-0.2, -0.15) is 0 Å². The first-order valence-electron chi connectivity index (χ1n) is 10.6. The van der Waals surface area contributed by atoms with E-state index >= 15 is 0 Å². The van der Waals surface area contributed by atoms with Crippen LogP contribution in [-0.2, 0) is 20.9 Å². The van der Waals surface area contributed by atoms with Crippen molar-refractivity contribution in [3.63, 3.8) is 0 Å². The Hall–Kier alpha value is -4.03. The second-order valence-electron chi connectivity index (χ2n) is 7.32. The Morgan fingerprint density at radius 2 is 1.66 bits per heavy atom. The maximum Gasteiger partial charge on any atom is 0.341 e. The summed E-state index contributed by atoms with van der Waals surface area (Å²) < 4.78 is 21.1. The molecule has 0 unspecified atom stereocenters. The maximum absolute atomic E-state index is 13.0. The molecule has 0 bridgehead atoms. The highest BCUT2D eigenvalue weighted by atomic mass is 35.5. The Bertz CT molecular complexity index is 1240. The summed E-state index contributed by atoms with van der Waals surface area (Å²) in [5.74, 6) is 0.297. The summed E-state index contributed by atoms with van der Waals surface area (Å²) in [5.41, 5.74) is 2.73. The van der Waals surface area contributed by atoms with Gasteiger partial charge in [-0.15, -0.1) is 0 Å². The van der Waals surface area contributed by atoms with Crippen LogP contribution in [-0.4, -0.2) is 33.1 Å². The SMILES string of the molecule is CO/C=C(/C(=O)OC)c1ccccc1COc1ccc(Cl)cc1C(=O)/C=C/c1ccc(OC)cc1. The number of methoxy groups -OCH3 is 3. The van der Waals surface area contributed by atoms with Crippen molar-refractivity contribution in [3.8, 4) is 11.5 Å². The number of esters is 1. The first-order valence-corrected chi connectivity index (χ1v) is 11.0. The lowest BCUT2D eigenvalue weighted by Crippen LogP contribution is -2.09. The van der Waals surface area contributed by atoms with Gasteiger partial charge in [0.15, 0.2) is 5.78 Å². The summed E-state index contributed by atoms with van der Waals surface area (Å²) >= 11 is 6.16. The molecule has 3 rings (SSSR count). The Balaban J connectivity index is 1.84. The normalized spacial score (nSPS) is 11.3. The molecule has 0 aliphatic heterocycles. The molecule has 3 aromatic rings. The molecule has 0 heterocycles. The van der Waals surface area contributed by atoms with Crippen LogP contribution in [0.5, 0.6) is 11.5 Å². The van der Waals surface area contributed by atoms with E-state index in [9.17, 15) is 9.59 Å². The molecule has 180 valence electrons. The first-order chi connectivity index (χ1) is 17.0. The Kier molecular flexibility index (Phi) is 9.09. The van der Waals surface area contributed by atoms with E-state index in [1.165, 1.54) is 26.6 Å². The fourth-order valence-electron chi connectivity index (χ4n) is 3.31. The topological polar surface area (TPSA) is 71.1 Å². The maximum atomic E-state index is 13.0. The summed E-state index contributed by atoms with van der Waals surface area (Å²) in [5, 5.41) is 0.412. The van der Waals surface area contributed by atoms with Crippen molar-refractivity contribution < 1.29 is 28.5 Å². The van der Waals surface area contributed by atoms with E-state index in [0.29, 0.717) is 27.5 Å². The van der Waals surface area contributed by atoms with Gasteiger partial charge in [-0.25, -0.2) is 4.79 Å². The van der Waals surface area contributed by atoms with Crippen molar-refractivity contribution in [1.82, 2.24) is 0 Å². The summed E-state index contributed by atoms with van der Waals surface area (Å²) in [6, 6.07) is 19.4. The smallest absolute Gasteiger partial charge is 0.341 e. The standard InChI is InChI=1S/C28H25ClO6/c1-32-18-25(28(31)34-3)23-7-5-4-6-20(23)17-35-27-15-11-21(29)16-24(27)26(30)14-10-19-8-12-22(33-2)13-9-19/h4-16,18H,17H2,1-3H3/b14-10+,25-18+. The van der Waals surface area contributed by atoms with Crippen molar-refractivity contribution in [2.45, 2.75) is 6.61 Å². The van der Waals surface area contributed by atoms with Gasteiger partial charge in [0.25, 0.3) is 0 Å². The molecule has 0 saturated carbocycles. The highest BCUT2D eigenvalue weighted by Gasteiger charge is 2.18. The van der Waals surface area contributed by atoms with Gasteiger partial charge >= 0.3 is 5.97 Å². The molecule has 0 fully saturated rings. The van der Waals surface area contributed by atoms with E-state index in [-0.39, 0.29) is 18.0 Å². The fourth-order valence-corrected chi connectivity index (χ4v) is 3.48. The molecule has 0 aromatic heterocycles. The monoisotopic (exact) mass is 492 g/mol. The highest BCUT2D eigenvalue weighted by Crippen LogP contribution is 2.27. The molecule has 0 aliphatic rings. The number of carbonyl (C=O) groups excluding carboxylic acids is 2. The molecule has 0 amide bonds. The van der Waals surface area contributed by atoms with E-state index in [4.69, 9.17) is 30.5 Å². The minimum atomic E-state index is -0.537. The molecular formula is C28H25ClO6. The minimum Gasteiger partial charge on any atom is -0.503 e. The van der Waals surface area contributed by atoms with Crippen LogP contribution in [0, 0.1) is 0 Å².